The van der Waals surface area contributed by atoms with Crippen LogP contribution in [0.2, 0.25) is 0 Å². The molecule has 0 unspecified atom stereocenters. The summed E-state index contributed by atoms with van der Waals surface area (Å²) < 4.78 is 25.1. The summed E-state index contributed by atoms with van der Waals surface area (Å²) in [5.74, 6) is 2.06. The Morgan fingerprint density at radius 3 is 2.33 bits per heavy atom. The zero-order chi connectivity index (χ0) is 31.2. The molecule has 232 valence electrons. The quantitative estimate of drug-likeness (QED) is 0.121. The second-order valence-electron chi connectivity index (χ2n) is 10.6. The molecule has 11 heteroatoms. The van der Waals surface area contributed by atoms with Gasteiger partial charge in [-0.2, -0.15) is 0 Å². The molecule has 9 nitrogen and oxygen atoms in total. The molecule has 45 heavy (non-hydrogen) atoms. The third-order valence-corrected chi connectivity index (χ3v) is 8.58. The van der Waals surface area contributed by atoms with Crippen molar-refractivity contribution in [3.8, 4) is 17.2 Å². The van der Waals surface area contributed by atoms with Gasteiger partial charge in [0.1, 0.15) is 5.75 Å². The van der Waals surface area contributed by atoms with E-state index in [1.807, 2.05) is 91.0 Å². The number of rotatable bonds is 12. The maximum absolute atomic E-state index is 14.4. The lowest BCUT2D eigenvalue weighted by atomic mass is 9.82. The number of aliphatic hydroxyl groups excluding tert-OH is 1. The van der Waals surface area contributed by atoms with E-state index in [0.29, 0.717) is 48.3 Å². The first-order valence-corrected chi connectivity index (χ1v) is 16.0. The molecule has 0 aromatic heterocycles. The number of hydrogen-bond acceptors (Lipinski definition) is 8. The number of aliphatic imine (C=N–C) groups is 1. The molecule has 1 amide bonds. The van der Waals surface area contributed by atoms with E-state index < -0.39 is 11.6 Å². The van der Waals surface area contributed by atoms with Crippen LogP contribution >= 0.6 is 31.9 Å². The Bertz CT molecular complexity index is 1670. The minimum Gasteiger partial charge on any atom is -0.494 e. The van der Waals surface area contributed by atoms with Crippen molar-refractivity contribution in [3.05, 3.63) is 122 Å². The SMILES string of the molecule is O=C(NNCc1ccc2c(c1)OCO2)[C@@]1(Cc2ccc(Br)cc2)N=C(c2ccc(OCCCO)cc2)O[C@H]1c1ccc(Br)cc1. The summed E-state index contributed by atoms with van der Waals surface area (Å²) in [7, 11) is 0. The third-order valence-electron chi connectivity index (χ3n) is 7.52. The van der Waals surface area contributed by atoms with E-state index in [-0.39, 0.29) is 25.7 Å². The highest BCUT2D eigenvalue weighted by Crippen LogP contribution is 2.43. The molecule has 0 spiro atoms. The van der Waals surface area contributed by atoms with Crippen molar-refractivity contribution in [1.29, 1.82) is 0 Å². The molecule has 2 aliphatic heterocycles. The van der Waals surface area contributed by atoms with Gasteiger partial charge in [-0.25, -0.2) is 10.4 Å². The summed E-state index contributed by atoms with van der Waals surface area (Å²) in [6.45, 7) is 1.02. The molecule has 2 aliphatic rings. The van der Waals surface area contributed by atoms with Gasteiger partial charge < -0.3 is 24.1 Å². The molecular weight excluding hydrogens is 706 g/mol. The van der Waals surface area contributed by atoms with Gasteiger partial charge in [-0.15, -0.1) is 0 Å². The van der Waals surface area contributed by atoms with Gasteiger partial charge >= 0.3 is 0 Å². The summed E-state index contributed by atoms with van der Waals surface area (Å²) in [6, 6.07) is 28.6. The van der Waals surface area contributed by atoms with Crippen LogP contribution in [0.25, 0.3) is 0 Å². The summed E-state index contributed by atoms with van der Waals surface area (Å²) in [6.07, 6.45) is 0.102. The van der Waals surface area contributed by atoms with Gasteiger partial charge in [-0.1, -0.05) is 62.2 Å². The third kappa shape index (κ3) is 7.17. The summed E-state index contributed by atoms with van der Waals surface area (Å²) in [5.41, 5.74) is 8.02. The number of fused-ring (bicyclic) bond motifs is 1. The largest absolute Gasteiger partial charge is 0.494 e. The Morgan fingerprint density at radius 1 is 0.911 bits per heavy atom. The zero-order valence-corrected chi connectivity index (χ0v) is 27.3. The van der Waals surface area contributed by atoms with E-state index in [0.717, 1.165) is 25.6 Å². The molecule has 0 radical (unpaired) electrons. The Morgan fingerprint density at radius 2 is 1.60 bits per heavy atom. The normalized spacial score (nSPS) is 18.3. The highest BCUT2D eigenvalue weighted by Gasteiger charge is 2.53. The highest BCUT2D eigenvalue weighted by molar-refractivity contribution is 9.10. The van der Waals surface area contributed by atoms with Crippen molar-refractivity contribution in [2.24, 2.45) is 4.99 Å². The Balaban J connectivity index is 1.33. The fraction of sp³-hybridized carbons (Fsp3) is 0.235. The number of carbonyl (C=O) groups excluding carboxylic acids is 1. The first-order valence-electron chi connectivity index (χ1n) is 14.5. The summed E-state index contributed by atoms with van der Waals surface area (Å²) >= 11 is 7.03. The van der Waals surface area contributed by atoms with Crippen LogP contribution in [0.3, 0.4) is 0 Å². The minimum atomic E-state index is -1.35. The number of amides is 1. The lowest BCUT2D eigenvalue weighted by Gasteiger charge is -2.31. The van der Waals surface area contributed by atoms with Crippen LogP contribution in [0, 0.1) is 0 Å². The Hall–Kier alpha value is -3.90. The number of ether oxygens (including phenoxy) is 4. The van der Waals surface area contributed by atoms with Crippen LogP contribution in [0.15, 0.2) is 105 Å². The van der Waals surface area contributed by atoms with Gasteiger partial charge in [-0.05, 0) is 77.4 Å². The second-order valence-corrected chi connectivity index (χ2v) is 12.5. The smallest absolute Gasteiger partial charge is 0.266 e. The van der Waals surface area contributed by atoms with Crippen molar-refractivity contribution < 1.29 is 28.8 Å². The average Bonchev–Trinajstić information content (AvgIpc) is 3.68. The number of aliphatic hydroxyl groups is 1. The van der Waals surface area contributed by atoms with Crippen molar-refractivity contribution in [3.63, 3.8) is 0 Å². The standard InChI is InChI=1S/C34H31Br2N3O6/c35-26-9-2-22(3-10-26)19-34(33(41)39-37-20-23-4-15-29-30(18-23)44-21-43-29)31(24-5-11-27(36)12-6-24)45-32(38-34)25-7-13-28(14-8-25)42-17-1-16-40/h2-15,18,31,37,40H,1,16-17,19-21H2,(H,39,41)/t31-,34-/m0/s1. The predicted octanol–water partition coefficient (Wildman–Crippen LogP) is 6.02. The average molecular weight is 737 g/mol. The van der Waals surface area contributed by atoms with Gasteiger partial charge in [0.15, 0.2) is 23.1 Å². The van der Waals surface area contributed by atoms with Crippen LogP contribution in [0.4, 0.5) is 0 Å². The molecule has 0 bridgehead atoms. The molecule has 6 rings (SSSR count). The van der Waals surface area contributed by atoms with Crippen molar-refractivity contribution in [2.45, 2.75) is 31.0 Å². The van der Waals surface area contributed by atoms with Crippen molar-refractivity contribution >= 4 is 43.7 Å². The predicted molar refractivity (Wildman–Crippen MR) is 176 cm³/mol. The van der Waals surface area contributed by atoms with E-state index in [1.54, 1.807) is 0 Å². The fourth-order valence-corrected chi connectivity index (χ4v) is 5.75. The Labute approximate surface area is 277 Å². The number of halogens is 2. The van der Waals surface area contributed by atoms with Crippen molar-refractivity contribution in [2.75, 3.05) is 20.0 Å². The van der Waals surface area contributed by atoms with E-state index in [4.69, 9.17) is 29.0 Å². The molecule has 2 heterocycles. The van der Waals surface area contributed by atoms with Crippen LogP contribution in [0.5, 0.6) is 17.2 Å². The van der Waals surface area contributed by atoms with Crippen LogP contribution in [-0.4, -0.2) is 42.5 Å². The summed E-state index contributed by atoms with van der Waals surface area (Å²) in [5, 5.41) is 9.06. The van der Waals surface area contributed by atoms with Gasteiger partial charge in [0.2, 0.25) is 12.7 Å². The number of carbonyl (C=O) groups is 1. The number of benzene rings is 4. The van der Waals surface area contributed by atoms with Crippen LogP contribution in [0.1, 0.15) is 34.8 Å². The number of hydrazine groups is 1. The summed E-state index contributed by atoms with van der Waals surface area (Å²) in [4.78, 5) is 19.5. The second kappa shape index (κ2) is 14.0. The molecule has 4 aromatic carbocycles. The number of nitrogens with zero attached hydrogens (tertiary/aromatic N) is 1. The maximum atomic E-state index is 14.4. The highest BCUT2D eigenvalue weighted by atomic mass is 79.9. The molecule has 0 fully saturated rings. The lowest BCUT2D eigenvalue weighted by molar-refractivity contribution is -0.130. The van der Waals surface area contributed by atoms with E-state index in [2.05, 4.69) is 42.7 Å². The molecule has 0 aliphatic carbocycles. The topological polar surface area (TPSA) is 111 Å². The fourth-order valence-electron chi connectivity index (χ4n) is 5.22. The van der Waals surface area contributed by atoms with Gasteiger partial charge in [0.25, 0.3) is 5.91 Å². The number of hydrogen-bond donors (Lipinski definition) is 3. The lowest BCUT2D eigenvalue weighted by Crippen LogP contribution is -2.53. The molecule has 0 saturated carbocycles. The van der Waals surface area contributed by atoms with E-state index in [1.165, 1.54) is 0 Å². The molecule has 4 aromatic rings. The monoisotopic (exact) mass is 735 g/mol. The molecule has 3 N–H and O–H groups in total. The zero-order valence-electron chi connectivity index (χ0n) is 24.2. The maximum Gasteiger partial charge on any atom is 0.266 e. The molecular formula is C34H31Br2N3O6. The Kier molecular flexibility index (Phi) is 9.70. The van der Waals surface area contributed by atoms with Gasteiger partial charge in [0, 0.05) is 40.5 Å². The minimum absolute atomic E-state index is 0.0637. The van der Waals surface area contributed by atoms with E-state index >= 15 is 0 Å². The first-order chi connectivity index (χ1) is 21.9. The molecule has 2 atom stereocenters. The van der Waals surface area contributed by atoms with Crippen LogP contribution < -0.4 is 25.1 Å². The first kappa shape index (κ1) is 31.1. The molecule has 0 saturated heterocycles. The van der Waals surface area contributed by atoms with Gasteiger partial charge in [-0.3, -0.25) is 10.2 Å². The van der Waals surface area contributed by atoms with Crippen LogP contribution in [-0.2, 0) is 22.5 Å². The number of nitrogens with one attached hydrogen (secondary N) is 2. The van der Waals surface area contributed by atoms with Gasteiger partial charge in [0.05, 0.1) is 6.61 Å². The van der Waals surface area contributed by atoms with Crippen molar-refractivity contribution in [1.82, 2.24) is 10.9 Å². The van der Waals surface area contributed by atoms with E-state index in [9.17, 15) is 4.79 Å².